The molecule has 2 aromatic rings. The largest absolute Gasteiger partial charge is 0.507 e. The van der Waals surface area contributed by atoms with Gasteiger partial charge in [0.15, 0.2) is 10.8 Å². The zero-order valence-corrected chi connectivity index (χ0v) is 12.5. The Balaban J connectivity index is 1.77. The van der Waals surface area contributed by atoms with Gasteiger partial charge in [0.05, 0.1) is 19.5 Å². The molecule has 0 aromatic carbocycles. The van der Waals surface area contributed by atoms with E-state index >= 15 is 0 Å². The van der Waals surface area contributed by atoms with Gasteiger partial charge in [-0.1, -0.05) is 23.8 Å². The van der Waals surface area contributed by atoms with Crippen LogP contribution in [0.2, 0.25) is 5.15 Å². The molecule has 0 spiro atoms. The van der Waals surface area contributed by atoms with Gasteiger partial charge in [0.25, 0.3) is 0 Å². The van der Waals surface area contributed by atoms with E-state index in [1.165, 1.54) is 7.11 Å². The van der Waals surface area contributed by atoms with Crippen LogP contribution in [-0.2, 0) is 9.47 Å². The van der Waals surface area contributed by atoms with E-state index in [1.807, 2.05) is 16.7 Å². The monoisotopic (exact) mass is 323 g/mol. The van der Waals surface area contributed by atoms with Gasteiger partial charge in [-0.3, -0.25) is 0 Å². The Kier molecular flexibility index (Phi) is 3.84. The van der Waals surface area contributed by atoms with Crippen molar-refractivity contribution in [3.63, 3.8) is 0 Å². The lowest BCUT2D eigenvalue weighted by molar-refractivity contribution is 0.0641. The Morgan fingerprint density at radius 2 is 2.32 bits per heavy atom. The summed E-state index contributed by atoms with van der Waals surface area (Å²) < 4.78 is 11.3. The van der Waals surface area contributed by atoms with Crippen LogP contribution in [0.3, 0.4) is 0 Å². The molecule has 0 fully saturated rings. The summed E-state index contributed by atoms with van der Waals surface area (Å²) >= 11 is 6.02. The topological polar surface area (TPSA) is 105 Å². The molecule has 22 heavy (non-hydrogen) atoms. The summed E-state index contributed by atoms with van der Waals surface area (Å²) in [4.78, 5) is 23.3. The van der Waals surface area contributed by atoms with Crippen LogP contribution in [0.4, 0.5) is 10.7 Å². The Labute approximate surface area is 130 Å². The molecule has 1 aliphatic rings. The van der Waals surface area contributed by atoms with Crippen LogP contribution >= 0.6 is 11.6 Å². The summed E-state index contributed by atoms with van der Waals surface area (Å²) in [5.74, 6) is 0.211. The molecule has 0 saturated heterocycles. The van der Waals surface area contributed by atoms with Crippen LogP contribution in [0.25, 0.3) is 11.2 Å². The van der Waals surface area contributed by atoms with Crippen LogP contribution < -0.4 is 5.73 Å². The molecule has 8 nitrogen and oxygen atoms in total. The minimum absolute atomic E-state index is 0.0432. The number of rotatable bonds is 3. The number of nitrogens with two attached hydrogens (primary N) is 1. The molecule has 2 atom stereocenters. The lowest BCUT2D eigenvalue weighted by atomic mass is 10.1. The van der Waals surface area contributed by atoms with Gasteiger partial charge in [-0.05, 0) is 6.42 Å². The van der Waals surface area contributed by atoms with E-state index in [9.17, 15) is 4.79 Å². The molecule has 3 rings (SSSR count). The van der Waals surface area contributed by atoms with Crippen molar-refractivity contribution in [1.82, 2.24) is 19.5 Å². The van der Waals surface area contributed by atoms with Crippen LogP contribution in [0, 0.1) is 5.92 Å². The number of hydrogen-bond donors (Lipinski definition) is 1. The Morgan fingerprint density at radius 3 is 3.09 bits per heavy atom. The number of carbonyl (C=O) groups is 1. The average molecular weight is 324 g/mol. The van der Waals surface area contributed by atoms with Crippen molar-refractivity contribution in [2.45, 2.75) is 12.5 Å². The summed E-state index contributed by atoms with van der Waals surface area (Å²) in [7, 11) is 1.28. The molecule has 0 radical (unpaired) electrons. The molecule has 1 aliphatic carbocycles. The van der Waals surface area contributed by atoms with Crippen molar-refractivity contribution >= 4 is 34.9 Å². The van der Waals surface area contributed by atoms with Gasteiger partial charge in [-0.25, -0.2) is 9.78 Å². The zero-order valence-electron chi connectivity index (χ0n) is 11.8. The highest BCUT2D eigenvalue weighted by Gasteiger charge is 2.24. The fourth-order valence-electron chi connectivity index (χ4n) is 2.46. The smallest absolute Gasteiger partial charge is 0.438 e. The molecule has 9 heteroatoms. The van der Waals surface area contributed by atoms with Gasteiger partial charge in [0, 0.05) is 5.92 Å². The maximum absolute atomic E-state index is 11.0. The molecule has 0 saturated carbocycles. The number of nitrogens with zero attached hydrogens (tertiary/aromatic N) is 4. The number of anilines is 1. The standard InChI is InChI=1S/C13H14ClN5O3/c1-21-13(20)22-5-7-2-3-8(4-7)19-6-16-9-10(14)17-12(15)18-11(9)19/h2-3,6-8H,4-5H2,1H3,(H2,15,17,18)/t7-,8+/m0/s1. The van der Waals surface area contributed by atoms with Crippen LogP contribution in [0.1, 0.15) is 12.5 Å². The number of fused-ring (bicyclic) bond motifs is 1. The summed E-state index contributed by atoms with van der Waals surface area (Å²) in [5, 5.41) is 0.230. The molecule has 0 bridgehead atoms. The Bertz CT molecular complexity index is 745. The molecule has 116 valence electrons. The summed E-state index contributed by atoms with van der Waals surface area (Å²) in [6, 6.07) is 0.0432. The van der Waals surface area contributed by atoms with Gasteiger partial charge in [0.2, 0.25) is 5.95 Å². The van der Waals surface area contributed by atoms with Gasteiger partial charge < -0.3 is 19.8 Å². The van der Waals surface area contributed by atoms with Crippen molar-refractivity contribution in [3.05, 3.63) is 23.6 Å². The van der Waals surface area contributed by atoms with Gasteiger partial charge in [0.1, 0.15) is 12.1 Å². The fraction of sp³-hybridized carbons (Fsp3) is 0.385. The first kappa shape index (κ1) is 14.6. The highest BCUT2D eigenvalue weighted by molar-refractivity contribution is 6.33. The second kappa shape index (κ2) is 5.80. The zero-order chi connectivity index (χ0) is 15.7. The maximum Gasteiger partial charge on any atom is 0.507 e. The average Bonchev–Trinajstić information content (AvgIpc) is 3.10. The fourth-order valence-corrected chi connectivity index (χ4v) is 2.68. The second-order valence-electron chi connectivity index (χ2n) is 4.91. The Morgan fingerprint density at radius 1 is 1.50 bits per heavy atom. The van der Waals surface area contributed by atoms with Crippen LogP contribution in [-0.4, -0.2) is 39.4 Å². The van der Waals surface area contributed by atoms with E-state index < -0.39 is 6.16 Å². The molecule has 2 aromatic heterocycles. The SMILES string of the molecule is COC(=O)OC[C@H]1C=C[C@@H](n2cnc3c(Cl)nc(N)nc32)C1. The molecule has 0 amide bonds. The quantitative estimate of drug-likeness (QED) is 0.523. The molecular weight excluding hydrogens is 310 g/mol. The highest BCUT2D eigenvalue weighted by Crippen LogP contribution is 2.31. The lowest BCUT2D eigenvalue weighted by Crippen LogP contribution is -2.13. The van der Waals surface area contributed by atoms with Crippen molar-refractivity contribution in [1.29, 1.82) is 0 Å². The number of hydrogen-bond acceptors (Lipinski definition) is 7. The third-order valence-electron chi connectivity index (χ3n) is 3.49. The first-order valence-electron chi connectivity index (χ1n) is 6.63. The van der Waals surface area contributed by atoms with E-state index in [-0.39, 0.29) is 29.7 Å². The third-order valence-corrected chi connectivity index (χ3v) is 3.75. The van der Waals surface area contributed by atoms with E-state index in [1.54, 1.807) is 6.33 Å². The Hall–Kier alpha value is -2.35. The summed E-state index contributed by atoms with van der Waals surface area (Å²) in [6.07, 6.45) is 5.73. The number of methoxy groups -OCH3 is 1. The maximum atomic E-state index is 11.0. The van der Waals surface area contributed by atoms with Gasteiger partial charge in [-0.2, -0.15) is 9.97 Å². The normalized spacial score (nSPS) is 20.5. The molecular formula is C13H14ClN5O3. The third kappa shape index (κ3) is 2.69. The molecule has 2 heterocycles. The van der Waals surface area contributed by atoms with Crippen molar-refractivity contribution in [2.75, 3.05) is 19.5 Å². The first-order valence-corrected chi connectivity index (χ1v) is 7.01. The predicted molar refractivity (Wildman–Crippen MR) is 79.4 cm³/mol. The van der Waals surface area contributed by atoms with E-state index in [2.05, 4.69) is 19.7 Å². The van der Waals surface area contributed by atoms with E-state index in [4.69, 9.17) is 22.1 Å². The summed E-state index contributed by atoms with van der Waals surface area (Å²) in [5.41, 5.74) is 6.74. The van der Waals surface area contributed by atoms with Gasteiger partial charge in [-0.15, -0.1) is 0 Å². The first-order chi connectivity index (χ1) is 10.6. The van der Waals surface area contributed by atoms with E-state index in [0.717, 1.165) is 6.42 Å². The number of imidazole rings is 1. The predicted octanol–water partition coefficient (Wildman–Crippen LogP) is 1.96. The second-order valence-corrected chi connectivity index (χ2v) is 5.27. The number of ether oxygens (including phenoxy) is 2. The minimum Gasteiger partial charge on any atom is -0.438 e. The lowest BCUT2D eigenvalue weighted by Gasteiger charge is -2.14. The van der Waals surface area contributed by atoms with Crippen molar-refractivity contribution < 1.29 is 14.3 Å². The van der Waals surface area contributed by atoms with Crippen LogP contribution in [0.15, 0.2) is 18.5 Å². The summed E-state index contributed by atoms with van der Waals surface area (Å²) in [6.45, 7) is 0.268. The van der Waals surface area contributed by atoms with E-state index in [0.29, 0.717) is 11.2 Å². The van der Waals surface area contributed by atoms with Gasteiger partial charge >= 0.3 is 6.16 Å². The highest BCUT2D eigenvalue weighted by atomic mass is 35.5. The number of carbonyl (C=O) groups excluding carboxylic acids is 1. The number of allylic oxidation sites excluding steroid dienone is 1. The number of halogens is 1. The number of aromatic nitrogens is 4. The van der Waals surface area contributed by atoms with Crippen molar-refractivity contribution in [3.8, 4) is 0 Å². The van der Waals surface area contributed by atoms with Crippen LogP contribution in [0.5, 0.6) is 0 Å². The molecule has 0 aliphatic heterocycles. The minimum atomic E-state index is -0.683. The van der Waals surface area contributed by atoms with Crippen molar-refractivity contribution in [2.24, 2.45) is 5.92 Å². The number of nitrogen functional groups attached to an aromatic ring is 1. The molecule has 0 unspecified atom stereocenters. The molecule has 2 N–H and O–H groups in total.